The number of pyridine rings is 1. The number of amides is 1. The van der Waals surface area contributed by atoms with Gasteiger partial charge in [0.2, 0.25) is 5.91 Å². The van der Waals surface area contributed by atoms with Gasteiger partial charge < -0.3 is 5.32 Å². The molecule has 24 heavy (non-hydrogen) atoms. The first-order chi connectivity index (χ1) is 11.3. The second-order valence-corrected chi connectivity index (χ2v) is 5.57. The van der Waals surface area contributed by atoms with E-state index < -0.39 is 22.4 Å². The van der Waals surface area contributed by atoms with Crippen LogP contribution in [0.15, 0.2) is 41.3 Å². The van der Waals surface area contributed by atoms with Gasteiger partial charge in [-0.1, -0.05) is 19.1 Å². The molecule has 0 spiro atoms. The molecule has 2 rings (SSSR count). The van der Waals surface area contributed by atoms with Crippen molar-refractivity contribution in [3.8, 4) is 0 Å². The Balaban J connectivity index is 2.26. The highest BCUT2D eigenvalue weighted by atomic mass is 16.6. The molecule has 1 atom stereocenters. The van der Waals surface area contributed by atoms with Gasteiger partial charge in [-0.15, -0.1) is 0 Å². The van der Waals surface area contributed by atoms with Crippen molar-refractivity contribution in [2.75, 3.05) is 5.32 Å². The van der Waals surface area contributed by atoms with Gasteiger partial charge in [0.25, 0.3) is 11.2 Å². The van der Waals surface area contributed by atoms with E-state index in [1.807, 2.05) is 19.1 Å². The number of carbonyl (C=O) groups excluding carboxylic acids is 1. The summed E-state index contributed by atoms with van der Waals surface area (Å²) in [6.45, 7) is 5.05. The van der Waals surface area contributed by atoms with Crippen LogP contribution >= 0.6 is 0 Å². The van der Waals surface area contributed by atoms with Crippen LogP contribution in [0.2, 0.25) is 0 Å². The van der Waals surface area contributed by atoms with Crippen LogP contribution in [0, 0.1) is 17.0 Å². The molecule has 7 nitrogen and oxygen atoms in total. The summed E-state index contributed by atoms with van der Waals surface area (Å²) in [5, 5.41) is 13.7. The lowest BCUT2D eigenvalue weighted by atomic mass is 10.1. The standard InChI is InChI=1S/C17H19N3O4/c1-4-13-5-7-14(8-6-13)18-16(21)12(3)19-10-15(20(23)24)9-11(2)17(19)22/h5-10,12H,4H2,1-3H3,(H,18,21). The Labute approximate surface area is 139 Å². The molecule has 126 valence electrons. The van der Waals surface area contributed by atoms with E-state index >= 15 is 0 Å². The van der Waals surface area contributed by atoms with Gasteiger partial charge in [0, 0.05) is 17.3 Å². The topological polar surface area (TPSA) is 94.2 Å². The van der Waals surface area contributed by atoms with Crippen molar-refractivity contribution in [1.82, 2.24) is 4.57 Å². The number of benzene rings is 1. The van der Waals surface area contributed by atoms with Gasteiger partial charge in [0.05, 0.1) is 11.1 Å². The number of aryl methyl sites for hydroxylation is 2. The highest BCUT2D eigenvalue weighted by Crippen LogP contribution is 2.16. The Morgan fingerprint density at radius 2 is 1.96 bits per heavy atom. The molecule has 1 N–H and O–H groups in total. The predicted molar refractivity (Wildman–Crippen MR) is 91.3 cm³/mol. The van der Waals surface area contributed by atoms with E-state index in [0.29, 0.717) is 5.69 Å². The first-order valence-electron chi connectivity index (χ1n) is 7.60. The molecule has 0 saturated heterocycles. The first-order valence-corrected chi connectivity index (χ1v) is 7.60. The molecule has 1 heterocycles. The van der Waals surface area contributed by atoms with Gasteiger partial charge in [-0.3, -0.25) is 24.3 Å². The zero-order valence-electron chi connectivity index (χ0n) is 13.8. The average molecular weight is 329 g/mol. The minimum Gasteiger partial charge on any atom is -0.324 e. The summed E-state index contributed by atoms with van der Waals surface area (Å²) in [6, 6.07) is 7.71. The smallest absolute Gasteiger partial charge is 0.286 e. The molecule has 2 aromatic rings. The summed E-state index contributed by atoms with van der Waals surface area (Å²) < 4.78 is 1.09. The fourth-order valence-corrected chi connectivity index (χ4v) is 2.31. The molecule has 0 fully saturated rings. The van der Waals surface area contributed by atoms with Crippen LogP contribution in [0.25, 0.3) is 0 Å². The molecule has 0 bridgehead atoms. The number of hydrogen-bond acceptors (Lipinski definition) is 4. The molecule has 0 saturated carbocycles. The second kappa shape index (κ2) is 7.08. The van der Waals surface area contributed by atoms with Gasteiger partial charge in [-0.05, 0) is 38.0 Å². The number of nitro groups is 1. The number of hydrogen-bond donors (Lipinski definition) is 1. The third-order valence-corrected chi connectivity index (χ3v) is 3.84. The van der Waals surface area contributed by atoms with Crippen LogP contribution in [0.1, 0.15) is 31.0 Å². The van der Waals surface area contributed by atoms with E-state index in [1.54, 1.807) is 12.1 Å². The van der Waals surface area contributed by atoms with Crippen LogP contribution in [0.5, 0.6) is 0 Å². The molecule has 1 aromatic carbocycles. The second-order valence-electron chi connectivity index (χ2n) is 5.57. The van der Waals surface area contributed by atoms with E-state index in [9.17, 15) is 19.7 Å². The maximum Gasteiger partial charge on any atom is 0.286 e. The predicted octanol–water partition coefficient (Wildman–Crippen LogP) is 2.83. The number of aromatic nitrogens is 1. The van der Waals surface area contributed by atoms with E-state index in [4.69, 9.17) is 0 Å². The van der Waals surface area contributed by atoms with Gasteiger partial charge in [-0.2, -0.15) is 0 Å². The Hall–Kier alpha value is -2.96. The minimum absolute atomic E-state index is 0.219. The lowest BCUT2D eigenvalue weighted by molar-refractivity contribution is -0.385. The highest BCUT2D eigenvalue weighted by Gasteiger charge is 2.20. The largest absolute Gasteiger partial charge is 0.324 e. The average Bonchev–Trinajstić information content (AvgIpc) is 2.57. The minimum atomic E-state index is -0.873. The first kappa shape index (κ1) is 17.4. The summed E-state index contributed by atoms with van der Waals surface area (Å²) >= 11 is 0. The number of nitrogens with zero attached hydrogens (tertiary/aromatic N) is 2. The molecular formula is C17H19N3O4. The SMILES string of the molecule is CCc1ccc(NC(=O)C(C)n2cc([N+](=O)[O-])cc(C)c2=O)cc1. The van der Waals surface area contributed by atoms with Crippen LogP contribution in [-0.4, -0.2) is 15.4 Å². The van der Waals surface area contributed by atoms with Gasteiger partial charge in [0.1, 0.15) is 6.04 Å². The van der Waals surface area contributed by atoms with E-state index in [2.05, 4.69) is 5.32 Å². The Morgan fingerprint density at radius 1 is 1.33 bits per heavy atom. The summed E-state index contributed by atoms with van der Waals surface area (Å²) in [4.78, 5) is 34.9. The van der Waals surface area contributed by atoms with Crippen molar-refractivity contribution in [1.29, 1.82) is 0 Å². The zero-order chi connectivity index (χ0) is 17.9. The van der Waals surface area contributed by atoms with Crippen molar-refractivity contribution in [2.45, 2.75) is 33.2 Å². The van der Waals surface area contributed by atoms with Gasteiger partial charge in [0.15, 0.2) is 0 Å². The van der Waals surface area contributed by atoms with E-state index in [1.165, 1.54) is 19.9 Å². The van der Waals surface area contributed by atoms with Gasteiger partial charge >= 0.3 is 0 Å². The summed E-state index contributed by atoms with van der Waals surface area (Å²) in [6.07, 6.45) is 1.99. The van der Waals surface area contributed by atoms with Crippen LogP contribution in [0.3, 0.4) is 0 Å². The maximum absolute atomic E-state index is 12.4. The number of nitrogens with one attached hydrogen (secondary N) is 1. The third kappa shape index (κ3) is 3.68. The Bertz CT molecular complexity index is 825. The lowest BCUT2D eigenvalue weighted by Gasteiger charge is -2.15. The zero-order valence-corrected chi connectivity index (χ0v) is 13.8. The van der Waals surface area contributed by atoms with Crippen molar-refractivity contribution >= 4 is 17.3 Å². The summed E-state index contributed by atoms with van der Waals surface area (Å²) in [5.74, 6) is -0.416. The normalized spacial score (nSPS) is 11.8. The number of rotatable bonds is 5. The molecule has 0 radical (unpaired) electrons. The molecule has 1 unspecified atom stereocenters. The molecule has 0 aliphatic rings. The molecule has 1 amide bonds. The van der Waals surface area contributed by atoms with Crippen LogP contribution < -0.4 is 10.9 Å². The molecule has 1 aromatic heterocycles. The monoisotopic (exact) mass is 329 g/mol. The summed E-state index contributed by atoms with van der Waals surface area (Å²) in [5.41, 5.74) is 1.32. The lowest BCUT2D eigenvalue weighted by Crippen LogP contribution is -2.32. The third-order valence-electron chi connectivity index (χ3n) is 3.84. The quantitative estimate of drug-likeness (QED) is 0.674. The van der Waals surface area contributed by atoms with Crippen molar-refractivity contribution in [2.24, 2.45) is 0 Å². The molecular weight excluding hydrogens is 310 g/mol. The number of carbonyl (C=O) groups is 1. The van der Waals surface area contributed by atoms with Crippen LogP contribution in [0.4, 0.5) is 11.4 Å². The van der Waals surface area contributed by atoms with Crippen molar-refractivity contribution in [3.63, 3.8) is 0 Å². The summed E-state index contributed by atoms with van der Waals surface area (Å²) in [7, 11) is 0. The van der Waals surface area contributed by atoms with E-state index in [0.717, 1.165) is 22.7 Å². The fourth-order valence-electron chi connectivity index (χ4n) is 2.31. The Morgan fingerprint density at radius 3 is 2.50 bits per heavy atom. The fraction of sp³-hybridized carbons (Fsp3) is 0.294. The maximum atomic E-state index is 12.4. The number of anilines is 1. The van der Waals surface area contributed by atoms with Crippen molar-refractivity contribution in [3.05, 3.63) is 68.1 Å². The van der Waals surface area contributed by atoms with Gasteiger partial charge in [-0.25, -0.2) is 0 Å². The van der Waals surface area contributed by atoms with E-state index in [-0.39, 0.29) is 11.3 Å². The molecule has 7 heteroatoms. The highest BCUT2D eigenvalue weighted by molar-refractivity contribution is 5.93. The Kier molecular flexibility index (Phi) is 5.13. The van der Waals surface area contributed by atoms with Crippen LogP contribution in [-0.2, 0) is 11.2 Å². The molecule has 0 aliphatic carbocycles. The molecule has 0 aliphatic heterocycles. The van der Waals surface area contributed by atoms with Crippen molar-refractivity contribution < 1.29 is 9.72 Å².